The number of hydrogen-bond acceptors (Lipinski definition) is 2. The summed E-state index contributed by atoms with van der Waals surface area (Å²) in [6.07, 6.45) is 1.07. The van der Waals surface area contributed by atoms with Crippen molar-refractivity contribution < 1.29 is 14.7 Å². The molecule has 0 spiro atoms. The van der Waals surface area contributed by atoms with Gasteiger partial charge < -0.3 is 15.7 Å². The minimum Gasteiger partial charge on any atom is -0.481 e. The fourth-order valence-corrected chi connectivity index (χ4v) is 3.32. The van der Waals surface area contributed by atoms with E-state index in [0.717, 1.165) is 6.42 Å². The Kier molecular flexibility index (Phi) is 3.34. The van der Waals surface area contributed by atoms with Crippen LogP contribution in [0.2, 0.25) is 0 Å². The van der Waals surface area contributed by atoms with Crippen LogP contribution in [-0.2, 0) is 11.2 Å². The molecule has 1 aromatic carbocycles. The molecular weight excluding hydrogens is 256 g/mol. The number of benzene rings is 1. The molecule has 0 heterocycles. The van der Waals surface area contributed by atoms with E-state index in [-0.39, 0.29) is 19.0 Å². The summed E-state index contributed by atoms with van der Waals surface area (Å²) in [6, 6.07) is 8.25. The predicted molar refractivity (Wildman–Crippen MR) is 73.5 cm³/mol. The van der Waals surface area contributed by atoms with Crippen LogP contribution in [0.3, 0.4) is 0 Å². The molecule has 0 saturated heterocycles. The Balaban J connectivity index is 1.42. The summed E-state index contributed by atoms with van der Waals surface area (Å²) in [4.78, 5) is 21.8. The molecule has 3 unspecified atom stereocenters. The highest BCUT2D eigenvalue weighted by molar-refractivity contribution is 5.75. The SMILES string of the molecule is O=C(O)CCNC(=O)NCC1C2Cc3ccccc3C12. The van der Waals surface area contributed by atoms with Gasteiger partial charge in [-0.3, -0.25) is 4.79 Å². The first-order valence-electron chi connectivity index (χ1n) is 6.98. The van der Waals surface area contributed by atoms with Crippen LogP contribution in [0.25, 0.3) is 0 Å². The molecule has 0 aliphatic heterocycles. The van der Waals surface area contributed by atoms with E-state index in [1.54, 1.807) is 0 Å². The number of nitrogens with one attached hydrogen (secondary N) is 2. The van der Waals surface area contributed by atoms with Gasteiger partial charge in [0.15, 0.2) is 0 Å². The molecule has 0 bridgehead atoms. The van der Waals surface area contributed by atoms with Crippen molar-refractivity contribution >= 4 is 12.0 Å². The fraction of sp³-hybridized carbons (Fsp3) is 0.467. The quantitative estimate of drug-likeness (QED) is 0.758. The van der Waals surface area contributed by atoms with Crippen LogP contribution < -0.4 is 10.6 Å². The van der Waals surface area contributed by atoms with Gasteiger partial charge in [-0.2, -0.15) is 0 Å². The van der Waals surface area contributed by atoms with Gasteiger partial charge in [-0.25, -0.2) is 4.79 Å². The van der Waals surface area contributed by atoms with Gasteiger partial charge in [0.25, 0.3) is 0 Å². The third kappa shape index (κ3) is 2.48. The molecule has 5 nitrogen and oxygen atoms in total. The molecular formula is C15H18N2O3. The van der Waals surface area contributed by atoms with E-state index in [4.69, 9.17) is 5.11 Å². The Labute approximate surface area is 117 Å². The minimum absolute atomic E-state index is 0.0462. The Morgan fingerprint density at radius 3 is 2.85 bits per heavy atom. The number of aliphatic carboxylic acids is 1. The number of carbonyl (C=O) groups excluding carboxylic acids is 1. The van der Waals surface area contributed by atoms with Gasteiger partial charge in [0.1, 0.15) is 0 Å². The molecule has 0 radical (unpaired) electrons. The molecule has 106 valence electrons. The molecule has 1 saturated carbocycles. The first-order chi connectivity index (χ1) is 9.66. The van der Waals surface area contributed by atoms with Crippen LogP contribution in [0.5, 0.6) is 0 Å². The summed E-state index contributed by atoms with van der Waals surface area (Å²) in [7, 11) is 0. The minimum atomic E-state index is -0.904. The van der Waals surface area contributed by atoms with E-state index in [9.17, 15) is 9.59 Å². The van der Waals surface area contributed by atoms with Gasteiger partial charge in [0.05, 0.1) is 6.42 Å². The zero-order chi connectivity index (χ0) is 14.1. The number of urea groups is 1. The van der Waals surface area contributed by atoms with Crippen LogP contribution >= 0.6 is 0 Å². The highest BCUT2D eigenvalue weighted by atomic mass is 16.4. The van der Waals surface area contributed by atoms with Crippen molar-refractivity contribution in [3.05, 3.63) is 35.4 Å². The van der Waals surface area contributed by atoms with Crippen molar-refractivity contribution in [3.63, 3.8) is 0 Å². The topological polar surface area (TPSA) is 78.4 Å². The standard InChI is InChI=1S/C15H18N2O3/c18-13(19)5-6-16-15(20)17-8-12-11-7-9-3-1-2-4-10(9)14(11)12/h1-4,11-12,14H,5-8H2,(H,18,19)(H2,16,17,20). The molecule has 1 fully saturated rings. The van der Waals surface area contributed by atoms with E-state index in [1.807, 2.05) is 0 Å². The highest BCUT2D eigenvalue weighted by Gasteiger charge is 2.54. The molecule has 2 aliphatic rings. The van der Waals surface area contributed by atoms with Gasteiger partial charge in [-0.05, 0) is 35.3 Å². The Bertz CT molecular complexity index is 544. The number of fused-ring (bicyclic) bond motifs is 3. The first kappa shape index (κ1) is 13.0. The average Bonchev–Trinajstić information content (AvgIpc) is 2.95. The predicted octanol–water partition coefficient (Wildman–Crippen LogP) is 1.35. The van der Waals surface area contributed by atoms with Crippen LogP contribution in [0.1, 0.15) is 23.5 Å². The third-order valence-electron chi connectivity index (χ3n) is 4.32. The molecule has 20 heavy (non-hydrogen) atoms. The van der Waals surface area contributed by atoms with E-state index in [1.165, 1.54) is 11.1 Å². The lowest BCUT2D eigenvalue weighted by atomic mass is 10.0. The number of carbonyl (C=O) groups is 2. The summed E-state index contributed by atoms with van der Waals surface area (Å²) in [5.74, 6) is 0.908. The smallest absolute Gasteiger partial charge is 0.314 e. The van der Waals surface area contributed by atoms with Gasteiger partial charge in [0, 0.05) is 13.1 Å². The second-order valence-corrected chi connectivity index (χ2v) is 5.54. The summed E-state index contributed by atoms with van der Waals surface area (Å²) >= 11 is 0. The molecule has 2 aliphatic carbocycles. The van der Waals surface area contributed by atoms with Crippen molar-refractivity contribution in [3.8, 4) is 0 Å². The largest absolute Gasteiger partial charge is 0.481 e. The Morgan fingerprint density at radius 2 is 2.05 bits per heavy atom. The molecule has 3 rings (SSSR count). The van der Waals surface area contributed by atoms with Crippen molar-refractivity contribution in [2.75, 3.05) is 13.1 Å². The Hall–Kier alpha value is -2.04. The monoisotopic (exact) mass is 274 g/mol. The molecule has 3 N–H and O–H groups in total. The maximum absolute atomic E-state index is 11.5. The number of hydrogen-bond donors (Lipinski definition) is 3. The second kappa shape index (κ2) is 5.15. The average molecular weight is 274 g/mol. The molecule has 5 heteroatoms. The maximum Gasteiger partial charge on any atom is 0.314 e. The molecule has 3 atom stereocenters. The van der Waals surface area contributed by atoms with Crippen molar-refractivity contribution in [2.24, 2.45) is 11.8 Å². The molecule has 1 aromatic rings. The summed E-state index contributed by atoms with van der Waals surface area (Å²) in [5, 5.41) is 13.9. The van der Waals surface area contributed by atoms with Gasteiger partial charge in [0.2, 0.25) is 0 Å². The summed E-state index contributed by atoms with van der Waals surface area (Å²) < 4.78 is 0. The fourth-order valence-electron chi connectivity index (χ4n) is 3.32. The molecule has 0 aromatic heterocycles. The zero-order valence-electron chi connectivity index (χ0n) is 11.1. The van der Waals surface area contributed by atoms with Crippen LogP contribution in [0, 0.1) is 11.8 Å². The highest BCUT2D eigenvalue weighted by Crippen LogP contribution is 2.60. The second-order valence-electron chi connectivity index (χ2n) is 5.54. The van der Waals surface area contributed by atoms with Crippen LogP contribution in [0.15, 0.2) is 24.3 Å². The van der Waals surface area contributed by atoms with Gasteiger partial charge in [-0.15, -0.1) is 0 Å². The maximum atomic E-state index is 11.5. The van der Waals surface area contributed by atoms with Crippen molar-refractivity contribution in [1.29, 1.82) is 0 Å². The van der Waals surface area contributed by atoms with Crippen molar-refractivity contribution in [2.45, 2.75) is 18.8 Å². The summed E-state index contributed by atoms with van der Waals surface area (Å²) in [5.41, 5.74) is 2.89. The van der Waals surface area contributed by atoms with Crippen molar-refractivity contribution in [1.82, 2.24) is 10.6 Å². The number of carboxylic acids is 1. The number of amides is 2. The first-order valence-corrected chi connectivity index (χ1v) is 6.98. The van der Waals surface area contributed by atoms with Crippen LogP contribution in [-0.4, -0.2) is 30.2 Å². The summed E-state index contributed by atoms with van der Waals surface area (Å²) in [6.45, 7) is 0.837. The number of carboxylic acid groups (broad SMARTS) is 1. The van der Waals surface area contributed by atoms with Gasteiger partial charge in [-0.1, -0.05) is 24.3 Å². The lowest BCUT2D eigenvalue weighted by Crippen LogP contribution is -2.38. The molecule has 2 amide bonds. The lowest BCUT2D eigenvalue weighted by molar-refractivity contribution is -0.136. The normalized spacial score (nSPS) is 25.5. The lowest BCUT2D eigenvalue weighted by Gasteiger charge is -2.09. The third-order valence-corrected chi connectivity index (χ3v) is 4.32. The zero-order valence-corrected chi connectivity index (χ0v) is 11.1. The van der Waals surface area contributed by atoms with Gasteiger partial charge >= 0.3 is 12.0 Å². The van der Waals surface area contributed by atoms with E-state index < -0.39 is 5.97 Å². The Morgan fingerprint density at radius 1 is 1.25 bits per heavy atom. The van der Waals surface area contributed by atoms with E-state index in [2.05, 4.69) is 34.9 Å². The van der Waals surface area contributed by atoms with Crippen LogP contribution in [0.4, 0.5) is 4.79 Å². The van der Waals surface area contributed by atoms with E-state index in [0.29, 0.717) is 24.3 Å². The number of rotatable bonds is 5. The van der Waals surface area contributed by atoms with E-state index >= 15 is 0 Å².